The summed E-state index contributed by atoms with van der Waals surface area (Å²) in [6.45, 7) is 0.639. The molecule has 1 amide bonds. The smallest absolute Gasteiger partial charge is 0.257 e. The largest absolute Gasteiger partial charge is 0.489 e. The SMILES string of the molecule is Cn1ccc(C(=O)Nc2ncccc2OCC2CCCCC2)cc1=O. The summed E-state index contributed by atoms with van der Waals surface area (Å²) in [4.78, 5) is 28.3. The van der Waals surface area contributed by atoms with Crippen LogP contribution in [0.3, 0.4) is 0 Å². The lowest BCUT2D eigenvalue weighted by Crippen LogP contribution is -2.21. The molecule has 1 N–H and O–H groups in total. The fraction of sp³-hybridized carbons (Fsp3) is 0.421. The van der Waals surface area contributed by atoms with Gasteiger partial charge in [-0.2, -0.15) is 0 Å². The van der Waals surface area contributed by atoms with E-state index in [1.807, 2.05) is 0 Å². The summed E-state index contributed by atoms with van der Waals surface area (Å²) in [6.07, 6.45) is 9.37. The van der Waals surface area contributed by atoms with E-state index in [1.54, 1.807) is 37.6 Å². The van der Waals surface area contributed by atoms with Crippen molar-refractivity contribution < 1.29 is 9.53 Å². The molecule has 1 aliphatic rings. The molecular formula is C19H23N3O3. The summed E-state index contributed by atoms with van der Waals surface area (Å²) in [7, 11) is 1.64. The zero-order valence-corrected chi connectivity index (χ0v) is 14.4. The van der Waals surface area contributed by atoms with Gasteiger partial charge in [-0.1, -0.05) is 19.3 Å². The van der Waals surface area contributed by atoms with E-state index in [2.05, 4.69) is 10.3 Å². The van der Waals surface area contributed by atoms with E-state index in [0.29, 0.717) is 29.7 Å². The molecule has 1 saturated carbocycles. The highest BCUT2D eigenvalue weighted by Crippen LogP contribution is 2.27. The topological polar surface area (TPSA) is 73.2 Å². The molecule has 0 unspecified atom stereocenters. The van der Waals surface area contributed by atoms with Crippen LogP contribution >= 0.6 is 0 Å². The number of carbonyl (C=O) groups is 1. The van der Waals surface area contributed by atoms with Gasteiger partial charge in [0.2, 0.25) is 0 Å². The predicted molar refractivity (Wildman–Crippen MR) is 95.9 cm³/mol. The molecule has 0 spiro atoms. The molecular weight excluding hydrogens is 318 g/mol. The van der Waals surface area contributed by atoms with Crippen LogP contribution in [0.2, 0.25) is 0 Å². The third kappa shape index (κ3) is 4.47. The summed E-state index contributed by atoms with van der Waals surface area (Å²) in [5.74, 6) is 1.13. The van der Waals surface area contributed by atoms with Crippen LogP contribution in [0.15, 0.2) is 41.5 Å². The number of ether oxygens (including phenoxy) is 1. The minimum Gasteiger partial charge on any atom is -0.489 e. The average Bonchev–Trinajstić information content (AvgIpc) is 2.64. The number of pyridine rings is 2. The van der Waals surface area contributed by atoms with Crippen LogP contribution in [0.4, 0.5) is 5.82 Å². The fourth-order valence-corrected chi connectivity index (χ4v) is 3.03. The van der Waals surface area contributed by atoms with E-state index in [9.17, 15) is 9.59 Å². The molecule has 6 heteroatoms. The molecule has 0 aromatic carbocycles. The predicted octanol–water partition coefficient (Wildman–Crippen LogP) is 2.99. The van der Waals surface area contributed by atoms with Gasteiger partial charge in [0.15, 0.2) is 11.6 Å². The van der Waals surface area contributed by atoms with Crippen molar-refractivity contribution in [3.63, 3.8) is 0 Å². The molecule has 1 fully saturated rings. The normalized spacial score (nSPS) is 14.9. The van der Waals surface area contributed by atoms with E-state index in [1.165, 1.54) is 42.7 Å². The second kappa shape index (κ2) is 7.96. The zero-order valence-electron chi connectivity index (χ0n) is 14.4. The summed E-state index contributed by atoms with van der Waals surface area (Å²) in [6, 6.07) is 6.49. The van der Waals surface area contributed by atoms with Gasteiger partial charge in [-0.05, 0) is 37.0 Å². The molecule has 0 aliphatic heterocycles. The second-order valence-corrected chi connectivity index (χ2v) is 6.48. The number of nitrogens with one attached hydrogen (secondary N) is 1. The maximum atomic E-state index is 12.4. The standard InChI is InChI=1S/C19H23N3O3/c1-22-11-9-15(12-17(22)23)19(24)21-18-16(8-5-10-20-18)25-13-14-6-3-2-4-7-14/h5,8-12,14H,2-4,6-7,13H2,1H3,(H,20,21,24). The lowest BCUT2D eigenvalue weighted by Gasteiger charge is -2.22. The number of nitrogens with zero attached hydrogens (tertiary/aromatic N) is 2. The number of rotatable bonds is 5. The van der Waals surface area contributed by atoms with E-state index in [4.69, 9.17) is 4.74 Å². The molecule has 1 aliphatic carbocycles. The van der Waals surface area contributed by atoms with E-state index >= 15 is 0 Å². The first-order chi connectivity index (χ1) is 12.1. The molecule has 0 radical (unpaired) electrons. The van der Waals surface area contributed by atoms with Crippen LogP contribution in [0.1, 0.15) is 42.5 Å². The van der Waals surface area contributed by atoms with Crippen molar-refractivity contribution in [1.82, 2.24) is 9.55 Å². The van der Waals surface area contributed by atoms with Gasteiger partial charge in [0.05, 0.1) is 6.61 Å². The summed E-state index contributed by atoms with van der Waals surface area (Å²) in [5.41, 5.74) is 0.0643. The van der Waals surface area contributed by atoms with Gasteiger partial charge >= 0.3 is 0 Å². The van der Waals surface area contributed by atoms with Crippen LogP contribution < -0.4 is 15.6 Å². The molecule has 3 rings (SSSR count). The van der Waals surface area contributed by atoms with Gasteiger partial charge in [-0.3, -0.25) is 9.59 Å². The van der Waals surface area contributed by atoms with Crippen LogP contribution in [0.5, 0.6) is 5.75 Å². The monoisotopic (exact) mass is 341 g/mol. The number of amides is 1. The molecule has 25 heavy (non-hydrogen) atoms. The van der Waals surface area contributed by atoms with Gasteiger partial charge in [-0.15, -0.1) is 0 Å². The minimum atomic E-state index is -0.376. The highest BCUT2D eigenvalue weighted by molar-refractivity contribution is 6.04. The molecule has 2 heterocycles. The van der Waals surface area contributed by atoms with Crippen molar-refractivity contribution in [2.45, 2.75) is 32.1 Å². The highest BCUT2D eigenvalue weighted by atomic mass is 16.5. The lowest BCUT2D eigenvalue weighted by atomic mass is 9.90. The van der Waals surface area contributed by atoms with Crippen LogP contribution in [0, 0.1) is 5.92 Å². The van der Waals surface area contributed by atoms with Crippen LogP contribution in [-0.4, -0.2) is 22.1 Å². The molecule has 0 saturated heterocycles. The number of carbonyl (C=O) groups excluding carboxylic acids is 1. The first-order valence-corrected chi connectivity index (χ1v) is 8.69. The molecule has 6 nitrogen and oxygen atoms in total. The number of hydrogen-bond donors (Lipinski definition) is 1. The van der Waals surface area contributed by atoms with Crippen molar-refractivity contribution in [3.05, 3.63) is 52.6 Å². The molecule has 132 valence electrons. The Morgan fingerprint density at radius 1 is 1.32 bits per heavy atom. The average molecular weight is 341 g/mol. The summed E-state index contributed by atoms with van der Waals surface area (Å²) in [5, 5.41) is 2.74. The highest BCUT2D eigenvalue weighted by Gasteiger charge is 2.16. The van der Waals surface area contributed by atoms with E-state index < -0.39 is 0 Å². The van der Waals surface area contributed by atoms with Crippen LogP contribution in [-0.2, 0) is 7.05 Å². The van der Waals surface area contributed by atoms with Crippen molar-refractivity contribution in [1.29, 1.82) is 0 Å². The summed E-state index contributed by atoms with van der Waals surface area (Å²) < 4.78 is 7.33. The van der Waals surface area contributed by atoms with Gasteiger partial charge < -0.3 is 14.6 Å². The van der Waals surface area contributed by atoms with Gasteiger partial charge in [0.1, 0.15) is 0 Å². The van der Waals surface area contributed by atoms with Crippen molar-refractivity contribution in [2.75, 3.05) is 11.9 Å². The Kier molecular flexibility index (Phi) is 5.48. The second-order valence-electron chi connectivity index (χ2n) is 6.48. The first kappa shape index (κ1) is 17.2. The van der Waals surface area contributed by atoms with Crippen molar-refractivity contribution in [2.24, 2.45) is 13.0 Å². The molecule has 2 aromatic heterocycles. The number of aromatic nitrogens is 2. The van der Waals surface area contributed by atoms with Gasteiger partial charge in [-0.25, -0.2) is 4.98 Å². The Labute approximate surface area is 146 Å². The first-order valence-electron chi connectivity index (χ1n) is 8.69. The zero-order chi connectivity index (χ0) is 17.6. The quantitative estimate of drug-likeness (QED) is 0.907. The number of aryl methyl sites for hydroxylation is 1. The number of hydrogen-bond acceptors (Lipinski definition) is 4. The third-order valence-corrected chi connectivity index (χ3v) is 4.57. The van der Waals surface area contributed by atoms with Crippen LogP contribution in [0.25, 0.3) is 0 Å². The van der Waals surface area contributed by atoms with E-state index in [0.717, 1.165) is 0 Å². The third-order valence-electron chi connectivity index (χ3n) is 4.57. The Bertz CT molecular complexity index is 794. The summed E-state index contributed by atoms with van der Waals surface area (Å²) >= 11 is 0. The Hall–Kier alpha value is -2.63. The van der Waals surface area contributed by atoms with Gasteiger partial charge in [0, 0.05) is 31.1 Å². The van der Waals surface area contributed by atoms with E-state index in [-0.39, 0.29) is 11.5 Å². The Balaban J connectivity index is 1.68. The fourth-order valence-electron chi connectivity index (χ4n) is 3.03. The Morgan fingerprint density at radius 2 is 2.12 bits per heavy atom. The molecule has 2 aromatic rings. The van der Waals surface area contributed by atoms with Crippen molar-refractivity contribution in [3.8, 4) is 5.75 Å². The van der Waals surface area contributed by atoms with Gasteiger partial charge in [0.25, 0.3) is 11.5 Å². The molecule has 0 bridgehead atoms. The lowest BCUT2D eigenvalue weighted by molar-refractivity contribution is 0.102. The Morgan fingerprint density at radius 3 is 2.88 bits per heavy atom. The maximum Gasteiger partial charge on any atom is 0.257 e. The maximum absolute atomic E-state index is 12.4. The van der Waals surface area contributed by atoms with Crippen molar-refractivity contribution >= 4 is 11.7 Å². The minimum absolute atomic E-state index is 0.234. The molecule has 0 atom stereocenters. The number of anilines is 1.